The first-order valence-corrected chi connectivity index (χ1v) is 8.11. The number of fused-ring (bicyclic) bond motifs is 3. The number of carbonyl (C=O) groups is 1. The van der Waals surface area contributed by atoms with Gasteiger partial charge in [0.05, 0.1) is 22.8 Å². The lowest BCUT2D eigenvalue weighted by Gasteiger charge is -2.04. The molecule has 5 nitrogen and oxygen atoms in total. The van der Waals surface area contributed by atoms with Crippen molar-refractivity contribution in [2.45, 2.75) is 13.3 Å². The van der Waals surface area contributed by atoms with E-state index in [9.17, 15) is 4.79 Å². The quantitative estimate of drug-likeness (QED) is 0.502. The summed E-state index contributed by atoms with van der Waals surface area (Å²) in [5.41, 5.74) is 2.17. The summed E-state index contributed by atoms with van der Waals surface area (Å²) in [6.45, 7) is 2.25. The molecule has 0 amide bonds. The largest absolute Gasteiger partial charge is 0.477 e. The van der Waals surface area contributed by atoms with Gasteiger partial charge in [-0.05, 0) is 24.6 Å². The van der Waals surface area contributed by atoms with Crippen molar-refractivity contribution in [1.29, 1.82) is 5.26 Å². The molecular formula is C20H18N2O3. The molecule has 2 aromatic heterocycles. The Balaban J connectivity index is 2.05. The number of benzene rings is 1. The van der Waals surface area contributed by atoms with Gasteiger partial charge in [-0.15, -0.1) is 0 Å². The molecule has 3 rings (SSSR count). The van der Waals surface area contributed by atoms with E-state index in [1.807, 2.05) is 59.9 Å². The summed E-state index contributed by atoms with van der Waals surface area (Å²) < 4.78 is 12.6. The summed E-state index contributed by atoms with van der Waals surface area (Å²) in [6, 6.07) is 13.1. The van der Waals surface area contributed by atoms with Crippen LogP contribution in [-0.2, 0) is 4.74 Å². The van der Waals surface area contributed by atoms with E-state index in [2.05, 4.69) is 0 Å². The van der Waals surface area contributed by atoms with Crippen LogP contribution in [0.5, 0.6) is 5.75 Å². The van der Waals surface area contributed by atoms with Crippen LogP contribution in [0.4, 0.5) is 0 Å². The van der Waals surface area contributed by atoms with Crippen molar-refractivity contribution in [3.8, 4) is 11.8 Å². The van der Waals surface area contributed by atoms with Gasteiger partial charge in [0.15, 0.2) is 6.61 Å². The second-order valence-corrected chi connectivity index (χ2v) is 5.44. The van der Waals surface area contributed by atoms with Crippen LogP contribution in [0.1, 0.15) is 23.7 Å². The lowest BCUT2D eigenvalue weighted by atomic mass is 10.1. The number of nitriles is 1. The zero-order chi connectivity index (χ0) is 17.6. The Morgan fingerprint density at radius 3 is 2.84 bits per heavy atom. The first kappa shape index (κ1) is 16.6. The molecular weight excluding hydrogens is 316 g/mol. The van der Waals surface area contributed by atoms with Gasteiger partial charge in [-0.3, -0.25) is 0 Å². The molecule has 0 aliphatic heterocycles. The van der Waals surface area contributed by atoms with Crippen LogP contribution in [0.2, 0.25) is 0 Å². The van der Waals surface area contributed by atoms with E-state index in [0.717, 1.165) is 22.8 Å². The van der Waals surface area contributed by atoms with Crippen LogP contribution in [0, 0.1) is 11.3 Å². The molecule has 0 unspecified atom stereocenters. The minimum Gasteiger partial charge on any atom is -0.477 e. The Morgan fingerprint density at radius 1 is 1.20 bits per heavy atom. The van der Waals surface area contributed by atoms with Crippen LogP contribution < -0.4 is 4.74 Å². The maximum atomic E-state index is 12.6. The number of para-hydroxylation sites is 1. The number of carbonyl (C=O) groups excluding carboxylic acids is 1. The fraction of sp³-hybridized carbons (Fsp3) is 0.200. The molecule has 0 saturated carbocycles. The van der Waals surface area contributed by atoms with E-state index in [-0.39, 0.29) is 19.2 Å². The van der Waals surface area contributed by atoms with Crippen molar-refractivity contribution in [1.82, 2.24) is 4.40 Å². The molecule has 0 bridgehead atoms. The topological polar surface area (TPSA) is 63.7 Å². The van der Waals surface area contributed by atoms with Gasteiger partial charge >= 0.3 is 5.97 Å². The molecule has 0 N–H and O–H groups in total. The normalized spacial score (nSPS) is 11.0. The highest BCUT2D eigenvalue weighted by Gasteiger charge is 2.19. The monoisotopic (exact) mass is 334 g/mol. The minimum absolute atomic E-state index is 0.0244. The number of hydrogen-bond acceptors (Lipinski definition) is 4. The third-order valence-corrected chi connectivity index (χ3v) is 3.83. The SMILES string of the molecule is CC/C=C\COC(=O)c1c2ccccc2n2cc(OCC#N)ccc12. The van der Waals surface area contributed by atoms with E-state index in [1.54, 1.807) is 12.3 Å². The van der Waals surface area contributed by atoms with Gasteiger partial charge in [-0.2, -0.15) is 5.26 Å². The zero-order valence-electron chi connectivity index (χ0n) is 13.9. The Bertz CT molecular complexity index is 980. The van der Waals surface area contributed by atoms with Gasteiger partial charge in [0.2, 0.25) is 0 Å². The number of esters is 1. The molecule has 5 heteroatoms. The third-order valence-electron chi connectivity index (χ3n) is 3.83. The highest BCUT2D eigenvalue weighted by Crippen LogP contribution is 2.29. The highest BCUT2D eigenvalue weighted by atomic mass is 16.5. The summed E-state index contributed by atoms with van der Waals surface area (Å²) >= 11 is 0. The van der Waals surface area contributed by atoms with Gasteiger partial charge in [-0.1, -0.05) is 37.3 Å². The minimum atomic E-state index is -0.356. The van der Waals surface area contributed by atoms with Crippen LogP contribution in [0.15, 0.2) is 54.7 Å². The van der Waals surface area contributed by atoms with Gasteiger partial charge < -0.3 is 13.9 Å². The molecule has 3 aromatic rings. The Hall–Kier alpha value is -3.26. The van der Waals surface area contributed by atoms with Crippen molar-refractivity contribution < 1.29 is 14.3 Å². The van der Waals surface area contributed by atoms with Crippen molar-refractivity contribution in [3.05, 3.63) is 60.3 Å². The van der Waals surface area contributed by atoms with Crippen molar-refractivity contribution in [2.75, 3.05) is 13.2 Å². The number of nitrogens with zero attached hydrogens (tertiary/aromatic N) is 2. The molecule has 0 spiro atoms. The predicted octanol–water partition coefficient (Wildman–Crippen LogP) is 4.12. The molecule has 0 radical (unpaired) electrons. The van der Waals surface area contributed by atoms with Crippen molar-refractivity contribution >= 4 is 22.4 Å². The second-order valence-electron chi connectivity index (χ2n) is 5.44. The third kappa shape index (κ3) is 3.33. The average Bonchev–Trinajstić information content (AvgIpc) is 2.97. The Morgan fingerprint density at radius 2 is 2.04 bits per heavy atom. The van der Waals surface area contributed by atoms with Crippen molar-refractivity contribution in [2.24, 2.45) is 0 Å². The highest BCUT2D eigenvalue weighted by molar-refractivity contribution is 6.11. The average molecular weight is 334 g/mol. The number of ether oxygens (including phenoxy) is 2. The van der Waals surface area contributed by atoms with Crippen LogP contribution in [0.3, 0.4) is 0 Å². The van der Waals surface area contributed by atoms with Gasteiger partial charge in [0, 0.05) is 5.39 Å². The summed E-state index contributed by atoms with van der Waals surface area (Å²) in [5, 5.41) is 9.49. The lowest BCUT2D eigenvalue weighted by Crippen LogP contribution is -2.05. The molecule has 0 atom stereocenters. The maximum Gasteiger partial charge on any atom is 0.341 e. The zero-order valence-corrected chi connectivity index (χ0v) is 13.9. The molecule has 0 fully saturated rings. The number of pyridine rings is 1. The molecule has 0 aliphatic rings. The number of allylic oxidation sites excluding steroid dienone is 1. The van der Waals surface area contributed by atoms with Crippen LogP contribution in [0.25, 0.3) is 16.4 Å². The van der Waals surface area contributed by atoms with E-state index < -0.39 is 0 Å². The van der Waals surface area contributed by atoms with E-state index in [0.29, 0.717) is 11.3 Å². The molecule has 126 valence electrons. The fourth-order valence-electron chi connectivity index (χ4n) is 2.76. The van der Waals surface area contributed by atoms with E-state index >= 15 is 0 Å². The maximum absolute atomic E-state index is 12.6. The first-order chi connectivity index (χ1) is 12.3. The summed E-state index contributed by atoms with van der Waals surface area (Å²) in [5.74, 6) is 0.214. The number of hydrogen-bond donors (Lipinski definition) is 0. The number of rotatable bonds is 6. The molecule has 0 aliphatic carbocycles. The van der Waals surface area contributed by atoms with Crippen molar-refractivity contribution in [3.63, 3.8) is 0 Å². The smallest absolute Gasteiger partial charge is 0.341 e. The van der Waals surface area contributed by atoms with Crippen LogP contribution >= 0.6 is 0 Å². The molecule has 25 heavy (non-hydrogen) atoms. The summed E-state index contributed by atoms with van der Waals surface area (Å²) in [6.07, 6.45) is 6.48. The number of aromatic nitrogens is 1. The standard InChI is InChI=1S/C20H18N2O3/c1-2-3-6-12-25-20(23)19-16-7-4-5-8-17(16)22-14-15(24-13-11-21)9-10-18(19)22/h3-10,14H,2,12-13H2,1H3/b6-3-. The lowest BCUT2D eigenvalue weighted by molar-refractivity contribution is 0.0554. The Labute approximate surface area is 145 Å². The van der Waals surface area contributed by atoms with E-state index in [4.69, 9.17) is 14.7 Å². The van der Waals surface area contributed by atoms with Gasteiger partial charge in [-0.25, -0.2) is 4.79 Å². The Kier molecular flexibility index (Phi) is 5.00. The first-order valence-electron chi connectivity index (χ1n) is 8.11. The van der Waals surface area contributed by atoms with Gasteiger partial charge in [0.1, 0.15) is 18.4 Å². The predicted molar refractivity (Wildman–Crippen MR) is 95.7 cm³/mol. The molecule has 0 saturated heterocycles. The molecule has 1 aromatic carbocycles. The summed E-state index contributed by atoms with van der Waals surface area (Å²) in [7, 11) is 0. The van der Waals surface area contributed by atoms with E-state index in [1.165, 1.54) is 0 Å². The van der Waals surface area contributed by atoms with Gasteiger partial charge in [0.25, 0.3) is 0 Å². The summed E-state index contributed by atoms with van der Waals surface area (Å²) in [4.78, 5) is 12.6. The fourth-order valence-corrected chi connectivity index (χ4v) is 2.76. The second kappa shape index (κ2) is 7.54. The van der Waals surface area contributed by atoms with Crippen LogP contribution in [-0.4, -0.2) is 23.6 Å². The molecule has 2 heterocycles.